The number of halogens is 1. The van der Waals surface area contributed by atoms with Crippen LogP contribution in [0.5, 0.6) is 5.75 Å². The van der Waals surface area contributed by atoms with Crippen LogP contribution >= 0.6 is 0 Å². The van der Waals surface area contributed by atoms with E-state index in [-0.39, 0.29) is 31.0 Å². The summed E-state index contributed by atoms with van der Waals surface area (Å²) < 4.78 is 22.9. The number of esters is 1. The summed E-state index contributed by atoms with van der Waals surface area (Å²) in [5.74, 6) is -0.571. The average Bonchev–Trinajstić information content (AvgIpc) is 2.33. The van der Waals surface area contributed by atoms with Crippen molar-refractivity contribution >= 4 is 11.8 Å². The summed E-state index contributed by atoms with van der Waals surface area (Å²) in [6.45, 7) is 5.16. The largest absolute Gasteiger partial charge is 0.486 e. The summed E-state index contributed by atoms with van der Waals surface area (Å²) in [6.07, 6.45) is 0.0962. The Labute approximate surface area is 117 Å². The van der Waals surface area contributed by atoms with E-state index >= 15 is 0 Å². The van der Waals surface area contributed by atoms with E-state index in [9.17, 15) is 14.0 Å². The van der Waals surface area contributed by atoms with Crippen molar-refractivity contribution < 1.29 is 23.5 Å². The maximum Gasteiger partial charge on any atom is 0.306 e. The van der Waals surface area contributed by atoms with E-state index in [4.69, 9.17) is 9.47 Å². The van der Waals surface area contributed by atoms with Crippen LogP contribution in [0.25, 0.3) is 0 Å². The van der Waals surface area contributed by atoms with Gasteiger partial charge in [0.2, 0.25) is 0 Å². The molecule has 0 aromatic heterocycles. The van der Waals surface area contributed by atoms with E-state index in [1.807, 2.05) is 0 Å². The monoisotopic (exact) mass is 282 g/mol. The lowest BCUT2D eigenvalue weighted by Gasteiger charge is -2.19. The molecule has 0 saturated heterocycles. The van der Waals surface area contributed by atoms with Gasteiger partial charge in [-0.15, -0.1) is 0 Å². The summed E-state index contributed by atoms with van der Waals surface area (Å²) in [5.41, 5.74) is -0.551. The highest BCUT2D eigenvalue weighted by atomic mass is 19.1. The number of ether oxygens (including phenoxy) is 2. The molecule has 0 bridgehead atoms. The second-order valence-electron chi connectivity index (χ2n) is 5.37. The highest BCUT2D eigenvalue weighted by Gasteiger charge is 2.17. The quantitative estimate of drug-likeness (QED) is 0.753. The molecule has 5 heteroatoms. The molecule has 0 aliphatic rings. The summed E-state index contributed by atoms with van der Waals surface area (Å²) in [4.78, 5) is 23.0. The molecular formula is C15H19FO4. The molecule has 0 aliphatic carbocycles. The third kappa shape index (κ3) is 6.87. The maximum atomic E-state index is 12.7. The summed E-state index contributed by atoms with van der Waals surface area (Å²) >= 11 is 0. The van der Waals surface area contributed by atoms with Crippen LogP contribution in [0.2, 0.25) is 0 Å². The number of ketones is 1. The Hall–Kier alpha value is -1.91. The van der Waals surface area contributed by atoms with Crippen LogP contribution in [-0.4, -0.2) is 24.0 Å². The first-order valence-corrected chi connectivity index (χ1v) is 6.38. The molecule has 0 amide bonds. The van der Waals surface area contributed by atoms with Gasteiger partial charge < -0.3 is 9.47 Å². The summed E-state index contributed by atoms with van der Waals surface area (Å²) in [7, 11) is 0. The van der Waals surface area contributed by atoms with Gasteiger partial charge in [-0.25, -0.2) is 4.39 Å². The van der Waals surface area contributed by atoms with Gasteiger partial charge in [-0.2, -0.15) is 0 Å². The zero-order valence-electron chi connectivity index (χ0n) is 11.9. The fraction of sp³-hybridized carbons (Fsp3) is 0.467. The Morgan fingerprint density at radius 2 is 1.70 bits per heavy atom. The molecule has 0 atom stereocenters. The SMILES string of the molecule is CC(C)(C)OC(=O)CCC(=O)COc1ccc(F)cc1. The van der Waals surface area contributed by atoms with Crippen molar-refractivity contribution in [1.29, 1.82) is 0 Å². The zero-order valence-corrected chi connectivity index (χ0v) is 11.9. The molecule has 20 heavy (non-hydrogen) atoms. The van der Waals surface area contributed by atoms with E-state index in [1.165, 1.54) is 24.3 Å². The minimum Gasteiger partial charge on any atom is -0.486 e. The van der Waals surface area contributed by atoms with Gasteiger partial charge in [-0.05, 0) is 45.0 Å². The van der Waals surface area contributed by atoms with Gasteiger partial charge in [0.1, 0.15) is 23.8 Å². The van der Waals surface area contributed by atoms with Gasteiger partial charge in [-0.1, -0.05) is 0 Å². The Bertz CT molecular complexity index is 460. The molecule has 0 saturated carbocycles. The van der Waals surface area contributed by atoms with Gasteiger partial charge >= 0.3 is 5.97 Å². The number of Topliss-reactive ketones (excluding diaryl/α,β-unsaturated/α-hetero) is 1. The van der Waals surface area contributed by atoms with E-state index in [1.54, 1.807) is 20.8 Å². The van der Waals surface area contributed by atoms with Crippen LogP contribution in [0, 0.1) is 5.82 Å². The van der Waals surface area contributed by atoms with Crippen molar-refractivity contribution in [2.24, 2.45) is 0 Å². The number of benzene rings is 1. The standard InChI is InChI=1S/C15H19FO4/c1-15(2,3)20-14(18)9-6-12(17)10-19-13-7-4-11(16)5-8-13/h4-5,7-8H,6,9-10H2,1-3H3. The fourth-order valence-corrected chi connectivity index (χ4v) is 1.40. The Morgan fingerprint density at radius 3 is 2.25 bits per heavy atom. The molecule has 1 aromatic rings. The molecule has 0 radical (unpaired) electrons. The molecule has 0 fully saturated rings. The minimum atomic E-state index is -0.551. The second-order valence-corrected chi connectivity index (χ2v) is 5.37. The van der Waals surface area contributed by atoms with Gasteiger partial charge in [-0.3, -0.25) is 9.59 Å². The first-order valence-electron chi connectivity index (χ1n) is 6.38. The molecule has 110 valence electrons. The van der Waals surface area contributed by atoms with Gasteiger partial charge in [0.25, 0.3) is 0 Å². The lowest BCUT2D eigenvalue weighted by molar-refractivity contribution is -0.155. The van der Waals surface area contributed by atoms with Crippen molar-refractivity contribution in [1.82, 2.24) is 0 Å². The number of hydrogen-bond donors (Lipinski definition) is 0. The average molecular weight is 282 g/mol. The number of hydrogen-bond acceptors (Lipinski definition) is 4. The van der Waals surface area contributed by atoms with Gasteiger partial charge in [0.15, 0.2) is 5.78 Å². The third-order valence-electron chi connectivity index (χ3n) is 2.24. The van der Waals surface area contributed by atoms with E-state index in [0.29, 0.717) is 5.75 Å². The predicted molar refractivity (Wildman–Crippen MR) is 72.0 cm³/mol. The molecule has 0 aliphatic heterocycles. The Kier molecular flexibility index (Phi) is 5.67. The third-order valence-corrected chi connectivity index (χ3v) is 2.24. The molecule has 0 unspecified atom stereocenters. The highest BCUT2D eigenvalue weighted by Crippen LogP contribution is 2.12. The van der Waals surface area contributed by atoms with Crippen molar-refractivity contribution in [3.63, 3.8) is 0 Å². The Balaban J connectivity index is 2.27. The first-order chi connectivity index (χ1) is 9.26. The zero-order chi connectivity index (χ0) is 15.2. The maximum absolute atomic E-state index is 12.7. The van der Waals surface area contributed by atoms with Crippen LogP contribution in [0.15, 0.2) is 24.3 Å². The van der Waals surface area contributed by atoms with Crippen molar-refractivity contribution in [2.45, 2.75) is 39.2 Å². The van der Waals surface area contributed by atoms with Crippen LogP contribution in [-0.2, 0) is 14.3 Å². The summed E-state index contributed by atoms with van der Waals surface area (Å²) in [5, 5.41) is 0. The topological polar surface area (TPSA) is 52.6 Å². The van der Waals surface area contributed by atoms with Crippen molar-refractivity contribution in [3.05, 3.63) is 30.1 Å². The van der Waals surface area contributed by atoms with Crippen molar-refractivity contribution in [3.8, 4) is 5.75 Å². The smallest absolute Gasteiger partial charge is 0.306 e. The van der Waals surface area contributed by atoms with E-state index in [0.717, 1.165) is 0 Å². The summed E-state index contributed by atoms with van der Waals surface area (Å²) in [6, 6.07) is 5.38. The van der Waals surface area contributed by atoms with E-state index in [2.05, 4.69) is 0 Å². The first kappa shape index (κ1) is 16.1. The van der Waals surface area contributed by atoms with Crippen LogP contribution in [0.4, 0.5) is 4.39 Å². The molecule has 1 aromatic carbocycles. The predicted octanol–water partition coefficient (Wildman–Crippen LogP) is 2.90. The van der Waals surface area contributed by atoms with Crippen LogP contribution < -0.4 is 4.74 Å². The second kappa shape index (κ2) is 7.03. The minimum absolute atomic E-state index is 0.0306. The normalized spacial score (nSPS) is 11.0. The highest BCUT2D eigenvalue weighted by molar-refractivity contribution is 5.84. The van der Waals surface area contributed by atoms with E-state index < -0.39 is 11.6 Å². The Morgan fingerprint density at radius 1 is 1.10 bits per heavy atom. The molecule has 0 heterocycles. The van der Waals surface area contributed by atoms with Gasteiger partial charge in [0.05, 0.1) is 6.42 Å². The number of rotatable bonds is 6. The van der Waals surface area contributed by atoms with Gasteiger partial charge in [0, 0.05) is 6.42 Å². The fourth-order valence-electron chi connectivity index (χ4n) is 1.40. The molecular weight excluding hydrogens is 263 g/mol. The molecule has 0 N–H and O–H groups in total. The van der Waals surface area contributed by atoms with Crippen LogP contribution in [0.3, 0.4) is 0 Å². The van der Waals surface area contributed by atoms with Crippen LogP contribution in [0.1, 0.15) is 33.6 Å². The molecule has 0 spiro atoms. The number of carbonyl (C=O) groups is 2. The lowest BCUT2D eigenvalue weighted by Crippen LogP contribution is -2.24. The number of carbonyl (C=O) groups excluding carboxylic acids is 2. The van der Waals surface area contributed by atoms with Crippen molar-refractivity contribution in [2.75, 3.05) is 6.61 Å². The molecule has 4 nitrogen and oxygen atoms in total. The lowest BCUT2D eigenvalue weighted by atomic mass is 10.2. The molecule has 1 rings (SSSR count).